The Kier molecular flexibility index (Phi) is 5.75. The van der Waals surface area contributed by atoms with E-state index in [0.717, 1.165) is 38.5 Å². The molecule has 1 N–H and O–H groups in total. The first-order valence-corrected chi connectivity index (χ1v) is 8.75. The van der Waals surface area contributed by atoms with Crippen LogP contribution < -0.4 is 4.72 Å². The largest absolute Gasteiger partial charge is 0.465 e. The lowest BCUT2D eigenvalue weighted by Gasteiger charge is -2.11. The monoisotopic (exact) mass is 394 g/mol. The number of carbonyl (C=O) groups excluding carboxylic acids is 2. The molecule has 0 fully saturated rings. The van der Waals surface area contributed by atoms with Gasteiger partial charge in [0.15, 0.2) is 0 Å². The first-order chi connectivity index (χ1) is 12.7. The Balaban J connectivity index is 2.48. The highest BCUT2D eigenvalue weighted by atomic mass is 32.2. The van der Waals surface area contributed by atoms with Gasteiger partial charge in [0.05, 0.1) is 40.9 Å². The molecule has 0 atom stereocenters. The number of carbonyl (C=O) groups is 2. The lowest BCUT2D eigenvalue weighted by atomic mass is 10.1. The van der Waals surface area contributed by atoms with Gasteiger partial charge in [-0.1, -0.05) is 6.07 Å². The standard InChI is InChI=1S/C16H14N2O8S/c1-25-15(19)10-6-11(16(20)26-2)8-12(7-10)17-27(23,24)14-5-3-4-13(9-14)18(21)22/h3-9,17H,1-2H3. The van der Waals surface area contributed by atoms with E-state index < -0.39 is 32.6 Å². The summed E-state index contributed by atoms with van der Waals surface area (Å²) >= 11 is 0. The Morgan fingerprint density at radius 1 is 1.00 bits per heavy atom. The van der Waals surface area contributed by atoms with Crippen LogP contribution in [0, 0.1) is 10.1 Å². The number of methoxy groups -OCH3 is 2. The average Bonchev–Trinajstić information content (AvgIpc) is 2.66. The maximum Gasteiger partial charge on any atom is 0.337 e. The van der Waals surface area contributed by atoms with Gasteiger partial charge in [0.2, 0.25) is 0 Å². The highest BCUT2D eigenvalue weighted by Crippen LogP contribution is 2.23. The first kappa shape index (κ1) is 19.8. The molecule has 10 nitrogen and oxygen atoms in total. The Hall–Kier alpha value is -3.47. The van der Waals surface area contributed by atoms with Gasteiger partial charge in [0.25, 0.3) is 15.7 Å². The molecule has 11 heteroatoms. The Morgan fingerprint density at radius 2 is 1.56 bits per heavy atom. The van der Waals surface area contributed by atoms with Gasteiger partial charge in [-0.3, -0.25) is 14.8 Å². The quantitative estimate of drug-likeness (QED) is 0.445. The molecule has 0 saturated heterocycles. The minimum Gasteiger partial charge on any atom is -0.465 e. The lowest BCUT2D eigenvalue weighted by Crippen LogP contribution is -2.15. The number of nitrogens with one attached hydrogen (secondary N) is 1. The molecule has 0 aliphatic rings. The molecule has 0 unspecified atom stereocenters. The van der Waals surface area contributed by atoms with Crippen LogP contribution in [0.3, 0.4) is 0 Å². The first-order valence-electron chi connectivity index (χ1n) is 7.27. The van der Waals surface area contributed by atoms with Gasteiger partial charge in [-0.25, -0.2) is 18.0 Å². The Morgan fingerprint density at radius 3 is 2.04 bits per heavy atom. The van der Waals surface area contributed by atoms with E-state index in [-0.39, 0.29) is 21.7 Å². The fourth-order valence-electron chi connectivity index (χ4n) is 2.14. The Bertz CT molecular complexity index is 983. The summed E-state index contributed by atoms with van der Waals surface area (Å²) in [6.07, 6.45) is 0. The van der Waals surface area contributed by atoms with Gasteiger partial charge in [0.1, 0.15) is 0 Å². The molecule has 0 saturated carbocycles. The van der Waals surface area contributed by atoms with Crippen molar-refractivity contribution in [2.75, 3.05) is 18.9 Å². The van der Waals surface area contributed by atoms with Crippen molar-refractivity contribution in [3.8, 4) is 0 Å². The zero-order chi connectivity index (χ0) is 20.2. The predicted octanol–water partition coefficient (Wildman–Crippen LogP) is 1.97. The molecule has 0 heterocycles. The van der Waals surface area contributed by atoms with Crippen LogP contribution in [0.1, 0.15) is 20.7 Å². The Labute approximate surface area is 153 Å². The fraction of sp³-hybridized carbons (Fsp3) is 0.125. The van der Waals surface area contributed by atoms with E-state index in [4.69, 9.17) is 0 Å². The zero-order valence-corrected chi connectivity index (χ0v) is 15.0. The van der Waals surface area contributed by atoms with Crippen molar-refractivity contribution in [2.45, 2.75) is 4.90 Å². The summed E-state index contributed by atoms with van der Waals surface area (Å²) in [5.41, 5.74) is -0.699. The van der Waals surface area contributed by atoms with Crippen LogP contribution in [-0.2, 0) is 19.5 Å². The minimum absolute atomic E-state index is 0.0860. The average molecular weight is 394 g/mol. The summed E-state index contributed by atoms with van der Waals surface area (Å²) in [6.45, 7) is 0. The number of anilines is 1. The summed E-state index contributed by atoms with van der Waals surface area (Å²) in [7, 11) is -1.98. The number of ether oxygens (including phenoxy) is 2. The van der Waals surface area contributed by atoms with E-state index in [2.05, 4.69) is 14.2 Å². The van der Waals surface area contributed by atoms with E-state index in [9.17, 15) is 28.1 Å². The number of esters is 2. The number of benzene rings is 2. The topological polar surface area (TPSA) is 142 Å². The van der Waals surface area contributed by atoms with Gasteiger partial charge in [-0.05, 0) is 24.3 Å². The summed E-state index contributed by atoms with van der Waals surface area (Å²) in [6, 6.07) is 7.92. The summed E-state index contributed by atoms with van der Waals surface area (Å²) in [4.78, 5) is 33.3. The molecule has 0 aliphatic carbocycles. The maximum atomic E-state index is 12.5. The summed E-state index contributed by atoms with van der Waals surface area (Å²) < 4.78 is 36.3. The molecular weight excluding hydrogens is 380 g/mol. The third-order valence-corrected chi connectivity index (χ3v) is 4.75. The number of non-ortho nitro benzene ring substituents is 1. The number of hydrogen-bond donors (Lipinski definition) is 1. The highest BCUT2D eigenvalue weighted by Gasteiger charge is 2.20. The molecule has 0 amide bonds. The van der Waals surface area contributed by atoms with E-state index in [1.54, 1.807) is 0 Å². The third kappa shape index (κ3) is 4.58. The third-order valence-electron chi connectivity index (χ3n) is 3.37. The van der Waals surface area contributed by atoms with Crippen LogP contribution in [0.5, 0.6) is 0 Å². The number of nitro groups is 1. The van der Waals surface area contributed by atoms with Crippen LogP contribution in [0.4, 0.5) is 11.4 Å². The van der Waals surface area contributed by atoms with Crippen molar-refractivity contribution in [1.29, 1.82) is 0 Å². The smallest absolute Gasteiger partial charge is 0.337 e. The second-order valence-electron chi connectivity index (χ2n) is 5.14. The number of hydrogen-bond acceptors (Lipinski definition) is 8. The van der Waals surface area contributed by atoms with Crippen molar-refractivity contribution in [3.63, 3.8) is 0 Å². The van der Waals surface area contributed by atoms with E-state index in [1.807, 2.05) is 0 Å². The van der Waals surface area contributed by atoms with Crippen LogP contribution in [0.25, 0.3) is 0 Å². The molecule has 27 heavy (non-hydrogen) atoms. The number of nitrogens with zero attached hydrogens (tertiary/aromatic N) is 1. The molecule has 2 aromatic rings. The molecule has 0 aliphatic heterocycles. The zero-order valence-electron chi connectivity index (χ0n) is 14.2. The summed E-state index contributed by atoms with van der Waals surface area (Å²) in [5, 5.41) is 10.8. The molecular formula is C16H14N2O8S. The van der Waals surface area contributed by atoms with Gasteiger partial charge in [-0.15, -0.1) is 0 Å². The van der Waals surface area contributed by atoms with Gasteiger partial charge >= 0.3 is 11.9 Å². The normalized spacial score (nSPS) is 10.7. The van der Waals surface area contributed by atoms with Gasteiger partial charge in [-0.2, -0.15) is 0 Å². The lowest BCUT2D eigenvalue weighted by molar-refractivity contribution is -0.385. The van der Waals surface area contributed by atoms with Crippen molar-refractivity contribution < 1.29 is 32.4 Å². The fourth-order valence-corrected chi connectivity index (χ4v) is 3.22. The van der Waals surface area contributed by atoms with E-state index >= 15 is 0 Å². The molecule has 142 valence electrons. The number of sulfonamides is 1. The van der Waals surface area contributed by atoms with Crippen LogP contribution in [0.2, 0.25) is 0 Å². The second kappa shape index (κ2) is 7.83. The molecule has 2 aromatic carbocycles. The second-order valence-corrected chi connectivity index (χ2v) is 6.82. The predicted molar refractivity (Wildman–Crippen MR) is 93.0 cm³/mol. The minimum atomic E-state index is -4.23. The van der Waals surface area contributed by atoms with Crippen molar-refractivity contribution in [2.24, 2.45) is 0 Å². The SMILES string of the molecule is COC(=O)c1cc(NS(=O)(=O)c2cccc([N+](=O)[O-])c2)cc(C(=O)OC)c1. The van der Waals surface area contributed by atoms with E-state index in [0.29, 0.717) is 0 Å². The van der Waals surface area contributed by atoms with E-state index in [1.165, 1.54) is 18.2 Å². The molecule has 2 rings (SSSR count). The number of nitro benzene ring substituents is 1. The molecule has 0 aromatic heterocycles. The summed E-state index contributed by atoms with van der Waals surface area (Å²) in [5.74, 6) is -1.59. The van der Waals surface area contributed by atoms with Crippen molar-refractivity contribution in [1.82, 2.24) is 0 Å². The van der Waals surface area contributed by atoms with Gasteiger partial charge in [0, 0.05) is 12.1 Å². The van der Waals surface area contributed by atoms with Crippen LogP contribution >= 0.6 is 0 Å². The maximum absolute atomic E-state index is 12.5. The van der Waals surface area contributed by atoms with Gasteiger partial charge < -0.3 is 9.47 Å². The number of rotatable bonds is 6. The van der Waals surface area contributed by atoms with Crippen molar-refractivity contribution in [3.05, 3.63) is 63.7 Å². The molecule has 0 spiro atoms. The van der Waals surface area contributed by atoms with Crippen LogP contribution in [-0.4, -0.2) is 39.5 Å². The van der Waals surface area contributed by atoms with Crippen molar-refractivity contribution >= 4 is 33.3 Å². The highest BCUT2D eigenvalue weighted by molar-refractivity contribution is 7.92. The molecule has 0 radical (unpaired) electrons. The van der Waals surface area contributed by atoms with Crippen LogP contribution in [0.15, 0.2) is 47.4 Å². The molecule has 0 bridgehead atoms.